The van der Waals surface area contributed by atoms with Crippen LogP contribution in [0.2, 0.25) is 0 Å². The second-order valence-electron chi connectivity index (χ2n) is 9.72. The van der Waals surface area contributed by atoms with Crippen LogP contribution in [0.4, 0.5) is 24.5 Å². The van der Waals surface area contributed by atoms with Crippen LogP contribution >= 0.6 is 0 Å². The summed E-state index contributed by atoms with van der Waals surface area (Å²) in [5.74, 6) is 5.81. The highest BCUT2D eigenvalue weighted by Gasteiger charge is 2.31. The summed E-state index contributed by atoms with van der Waals surface area (Å²) in [6, 6.07) is 16.3. The summed E-state index contributed by atoms with van der Waals surface area (Å²) in [6.45, 7) is 5.29. The molecule has 2 heterocycles. The predicted octanol–water partition coefficient (Wildman–Crippen LogP) is 6.65. The summed E-state index contributed by atoms with van der Waals surface area (Å²) in [4.78, 5) is 18.7. The molecular formula is C31H29F3N4O. The number of amides is 1. The van der Waals surface area contributed by atoms with Gasteiger partial charge in [-0.2, -0.15) is 13.2 Å². The van der Waals surface area contributed by atoms with E-state index < -0.39 is 17.6 Å². The topological polar surface area (TPSA) is 60.2 Å². The molecule has 1 aliphatic heterocycles. The molecule has 0 atom stereocenters. The minimum Gasteiger partial charge on any atom is -0.382 e. The smallest absolute Gasteiger partial charge is 0.382 e. The van der Waals surface area contributed by atoms with Crippen LogP contribution in [0.5, 0.6) is 0 Å². The molecule has 4 aromatic rings. The third-order valence-electron chi connectivity index (χ3n) is 6.96. The van der Waals surface area contributed by atoms with Crippen LogP contribution < -0.4 is 10.6 Å². The van der Waals surface area contributed by atoms with Gasteiger partial charge in [-0.15, -0.1) is 0 Å². The zero-order valence-electron chi connectivity index (χ0n) is 21.6. The number of alkyl halides is 3. The molecule has 0 radical (unpaired) electrons. The molecule has 5 rings (SSSR count). The van der Waals surface area contributed by atoms with Crippen molar-refractivity contribution in [3.8, 4) is 11.8 Å². The van der Waals surface area contributed by atoms with E-state index in [2.05, 4.69) is 32.4 Å². The molecule has 0 unspecified atom stereocenters. The minimum absolute atomic E-state index is 0.0863. The third-order valence-corrected chi connectivity index (χ3v) is 6.96. The molecule has 39 heavy (non-hydrogen) atoms. The number of H-pyrrole nitrogens is 1. The molecule has 1 aromatic heterocycles. The second-order valence-corrected chi connectivity index (χ2v) is 9.72. The molecule has 8 heteroatoms. The number of fused-ring (bicyclic) bond motifs is 1. The Bertz CT molecular complexity index is 1560. The van der Waals surface area contributed by atoms with Crippen LogP contribution in [-0.4, -0.2) is 42.0 Å². The number of anilines is 2. The fourth-order valence-corrected chi connectivity index (χ4v) is 4.74. The zero-order valence-corrected chi connectivity index (χ0v) is 21.6. The lowest BCUT2D eigenvalue weighted by Gasteiger charge is -2.19. The van der Waals surface area contributed by atoms with E-state index in [-0.39, 0.29) is 5.69 Å². The standard InChI is InChI=1S/C31H29F3N4O/c1-21-8-9-23(18-22(21)10-11-24-20-36-27-7-3-2-6-26(24)27)30(39)37-29-19-25(31(32,33)34)12-13-28(29)35-14-17-38-15-4-5-16-38/h2-3,6-9,12-13,18-20,35-36H,4-5,14-17H2,1H3,(H,37,39). The number of aryl methyl sites for hydroxylation is 1. The number of para-hydroxylation sites is 1. The molecule has 0 spiro atoms. The molecule has 5 nitrogen and oxygen atoms in total. The number of rotatable bonds is 6. The lowest BCUT2D eigenvalue weighted by Crippen LogP contribution is -2.26. The Morgan fingerprint density at radius 3 is 2.54 bits per heavy atom. The molecule has 1 saturated heterocycles. The van der Waals surface area contributed by atoms with E-state index in [1.807, 2.05) is 37.4 Å². The maximum atomic E-state index is 13.5. The van der Waals surface area contributed by atoms with E-state index in [0.717, 1.165) is 66.6 Å². The van der Waals surface area contributed by atoms with Crippen LogP contribution in [-0.2, 0) is 6.18 Å². The van der Waals surface area contributed by atoms with Gasteiger partial charge in [0.05, 0.1) is 22.5 Å². The number of benzene rings is 3. The van der Waals surface area contributed by atoms with E-state index in [0.29, 0.717) is 23.4 Å². The van der Waals surface area contributed by atoms with Crippen molar-refractivity contribution in [1.82, 2.24) is 9.88 Å². The molecule has 3 aromatic carbocycles. The fraction of sp³-hybridized carbons (Fsp3) is 0.258. The number of carbonyl (C=O) groups excluding carboxylic acids is 1. The van der Waals surface area contributed by atoms with Gasteiger partial charge in [0.25, 0.3) is 5.91 Å². The Hall–Kier alpha value is -4.22. The quantitative estimate of drug-likeness (QED) is 0.245. The Labute approximate surface area is 225 Å². The van der Waals surface area contributed by atoms with E-state index in [1.165, 1.54) is 6.07 Å². The van der Waals surface area contributed by atoms with Gasteiger partial charge in [0.2, 0.25) is 0 Å². The lowest BCUT2D eigenvalue weighted by atomic mass is 10.0. The average Bonchev–Trinajstić information content (AvgIpc) is 3.58. The molecule has 0 bridgehead atoms. The van der Waals surface area contributed by atoms with Crippen molar-refractivity contribution in [3.63, 3.8) is 0 Å². The monoisotopic (exact) mass is 530 g/mol. The van der Waals surface area contributed by atoms with Crippen molar-refractivity contribution in [1.29, 1.82) is 0 Å². The Balaban J connectivity index is 1.37. The van der Waals surface area contributed by atoms with Gasteiger partial charge in [-0.25, -0.2) is 0 Å². The SMILES string of the molecule is Cc1ccc(C(=O)Nc2cc(C(F)(F)F)ccc2NCCN2CCCC2)cc1C#Cc1c[nH]c2ccccc12. The van der Waals surface area contributed by atoms with Gasteiger partial charge in [-0.05, 0) is 74.8 Å². The van der Waals surface area contributed by atoms with Crippen molar-refractivity contribution in [2.45, 2.75) is 25.9 Å². The molecule has 3 N–H and O–H groups in total. The number of hydrogen-bond donors (Lipinski definition) is 3. The highest BCUT2D eigenvalue weighted by Crippen LogP contribution is 2.34. The van der Waals surface area contributed by atoms with Gasteiger partial charge in [0, 0.05) is 41.3 Å². The van der Waals surface area contributed by atoms with Crippen molar-refractivity contribution >= 4 is 28.2 Å². The lowest BCUT2D eigenvalue weighted by molar-refractivity contribution is -0.137. The predicted molar refractivity (Wildman–Crippen MR) is 149 cm³/mol. The van der Waals surface area contributed by atoms with E-state index in [1.54, 1.807) is 18.2 Å². The van der Waals surface area contributed by atoms with Crippen molar-refractivity contribution in [2.75, 3.05) is 36.8 Å². The molecular weight excluding hydrogens is 501 g/mol. The first kappa shape index (κ1) is 26.4. The van der Waals surface area contributed by atoms with Gasteiger partial charge < -0.3 is 20.5 Å². The number of halogens is 3. The number of nitrogens with one attached hydrogen (secondary N) is 3. The van der Waals surface area contributed by atoms with Crippen LogP contribution in [0.1, 0.15) is 45.5 Å². The highest BCUT2D eigenvalue weighted by atomic mass is 19.4. The van der Waals surface area contributed by atoms with E-state index in [4.69, 9.17) is 0 Å². The van der Waals surface area contributed by atoms with Crippen molar-refractivity contribution < 1.29 is 18.0 Å². The maximum absolute atomic E-state index is 13.5. The van der Waals surface area contributed by atoms with E-state index in [9.17, 15) is 18.0 Å². The summed E-state index contributed by atoms with van der Waals surface area (Å²) in [6.07, 6.45) is -0.364. The Morgan fingerprint density at radius 2 is 1.74 bits per heavy atom. The number of hydrogen-bond acceptors (Lipinski definition) is 3. The molecule has 200 valence electrons. The first-order valence-electron chi connectivity index (χ1n) is 13.0. The Morgan fingerprint density at radius 1 is 0.974 bits per heavy atom. The molecule has 0 aliphatic carbocycles. The van der Waals surface area contributed by atoms with Crippen LogP contribution in [0.3, 0.4) is 0 Å². The van der Waals surface area contributed by atoms with Gasteiger partial charge >= 0.3 is 6.18 Å². The van der Waals surface area contributed by atoms with Crippen LogP contribution in [0.25, 0.3) is 10.9 Å². The number of aromatic nitrogens is 1. The normalized spacial score (nSPS) is 13.7. The van der Waals surface area contributed by atoms with E-state index >= 15 is 0 Å². The largest absolute Gasteiger partial charge is 0.416 e. The van der Waals surface area contributed by atoms with Gasteiger partial charge in [0.1, 0.15) is 0 Å². The average molecular weight is 531 g/mol. The summed E-state index contributed by atoms with van der Waals surface area (Å²) in [5, 5.41) is 6.89. The second kappa shape index (κ2) is 11.3. The summed E-state index contributed by atoms with van der Waals surface area (Å²) in [5.41, 5.74) is 3.40. The summed E-state index contributed by atoms with van der Waals surface area (Å²) < 4.78 is 40.4. The van der Waals surface area contributed by atoms with Crippen LogP contribution in [0.15, 0.2) is 66.9 Å². The zero-order chi connectivity index (χ0) is 27.4. The Kier molecular flexibility index (Phi) is 7.62. The van der Waals surface area contributed by atoms with Crippen LogP contribution in [0, 0.1) is 18.8 Å². The van der Waals surface area contributed by atoms with Crippen molar-refractivity contribution in [3.05, 3.63) is 94.7 Å². The summed E-state index contributed by atoms with van der Waals surface area (Å²) >= 11 is 0. The van der Waals surface area contributed by atoms with Gasteiger partial charge in [-0.3, -0.25) is 4.79 Å². The molecule has 1 fully saturated rings. The number of carbonyl (C=O) groups is 1. The van der Waals surface area contributed by atoms with Gasteiger partial charge in [-0.1, -0.05) is 36.1 Å². The number of aromatic amines is 1. The first-order valence-corrected chi connectivity index (χ1v) is 13.0. The van der Waals surface area contributed by atoms with Gasteiger partial charge in [0.15, 0.2) is 0 Å². The maximum Gasteiger partial charge on any atom is 0.416 e. The highest BCUT2D eigenvalue weighted by molar-refractivity contribution is 6.06. The van der Waals surface area contributed by atoms with Crippen molar-refractivity contribution in [2.24, 2.45) is 0 Å². The minimum atomic E-state index is -4.53. The summed E-state index contributed by atoms with van der Waals surface area (Å²) in [7, 11) is 0. The fourth-order valence-electron chi connectivity index (χ4n) is 4.74. The molecule has 1 aliphatic rings. The first-order chi connectivity index (χ1) is 18.8. The molecule has 0 saturated carbocycles. The molecule has 1 amide bonds. The third kappa shape index (κ3) is 6.27. The number of nitrogens with zero attached hydrogens (tertiary/aromatic N) is 1. The number of likely N-dealkylation sites (tertiary alicyclic amines) is 1.